The Bertz CT molecular complexity index is 1620. The predicted octanol–water partition coefficient (Wildman–Crippen LogP) is 3.62. The average Bonchev–Trinajstić information content (AvgIpc) is 3.60. The first kappa shape index (κ1) is 31.1. The van der Waals surface area contributed by atoms with Gasteiger partial charge in [0, 0.05) is 49.7 Å². The largest absolute Gasteiger partial charge is 0.467 e. The summed E-state index contributed by atoms with van der Waals surface area (Å²) in [5.74, 6) is -0.575. The van der Waals surface area contributed by atoms with Crippen molar-refractivity contribution in [1.82, 2.24) is 24.8 Å². The first-order valence-corrected chi connectivity index (χ1v) is 15.2. The number of fused-ring (bicyclic) bond motifs is 2. The molecule has 3 N–H and O–H groups in total. The number of ether oxygens (including phenoxy) is 2. The van der Waals surface area contributed by atoms with E-state index in [-0.39, 0.29) is 45.1 Å². The lowest BCUT2D eigenvalue weighted by molar-refractivity contribution is -0.164. The molecule has 2 atom stereocenters. The Morgan fingerprint density at radius 2 is 2.09 bits per heavy atom. The van der Waals surface area contributed by atoms with Crippen LogP contribution in [0.5, 0.6) is 6.01 Å². The van der Waals surface area contributed by atoms with Crippen molar-refractivity contribution in [1.29, 1.82) is 5.41 Å². The summed E-state index contributed by atoms with van der Waals surface area (Å²) in [6.45, 7) is 7.46. The number of nitrogen functional groups attached to an aromatic ring is 1. The summed E-state index contributed by atoms with van der Waals surface area (Å²) in [6.07, 6.45) is 5.53. The van der Waals surface area contributed by atoms with Gasteiger partial charge in [0.2, 0.25) is 5.91 Å². The Morgan fingerprint density at radius 3 is 2.76 bits per heavy atom. The fraction of sp³-hybridized carbons (Fsp3) is 0.452. The number of anilines is 2. The van der Waals surface area contributed by atoms with E-state index in [4.69, 9.17) is 32.2 Å². The van der Waals surface area contributed by atoms with E-state index in [0.717, 1.165) is 13.0 Å². The van der Waals surface area contributed by atoms with E-state index in [9.17, 15) is 9.18 Å². The molecule has 14 heteroatoms. The maximum atomic E-state index is 15.8. The molecule has 4 saturated heterocycles. The van der Waals surface area contributed by atoms with E-state index in [1.165, 1.54) is 32.2 Å². The number of pyridine rings is 1. The molecule has 4 aliphatic rings. The number of hydrogen-bond acceptors (Lipinski definition) is 10. The summed E-state index contributed by atoms with van der Waals surface area (Å²) in [4.78, 5) is 31.4. The van der Waals surface area contributed by atoms with Gasteiger partial charge in [-0.15, -0.1) is 0 Å². The van der Waals surface area contributed by atoms with E-state index in [2.05, 4.69) is 26.4 Å². The Hall–Kier alpha value is -3.94. The van der Waals surface area contributed by atoms with Gasteiger partial charge in [-0.1, -0.05) is 24.2 Å². The van der Waals surface area contributed by atoms with Gasteiger partial charge < -0.3 is 25.0 Å². The van der Waals surface area contributed by atoms with Gasteiger partial charge in [0.05, 0.1) is 36.4 Å². The summed E-state index contributed by atoms with van der Waals surface area (Å²) in [5, 5.41) is 9.12. The van der Waals surface area contributed by atoms with Crippen LogP contribution in [-0.4, -0.2) is 107 Å². The molecule has 6 heterocycles. The van der Waals surface area contributed by atoms with Crippen molar-refractivity contribution in [2.45, 2.75) is 37.0 Å². The number of methoxy groups -OCH3 is 1. The van der Waals surface area contributed by atoms with Gasteiger partial charge >= 0.3 is 6.01 Å². The van der Waals surface area contributed by atoms with Crippen LogP contribution >= 0.6 is 11.6 Å². The van der Waals surface area contributed by atoms with Crippen LogP contribution in [0.3, 0.4) is 0 Å². The minimum Gasteiger partial charge on any atom is -0.467 e. The molecule has 0 bridgehead atoms. The summed E-state index contributed by atoms with van der Waals surface area (Å²) in [5.41, 5.74) is 5.31. The summed E-state index contributed by atoms with van der Waals surface area (Å²) in [6, 6.07) is 5.36. The van der Waals surface area contributed by atoms with Crippen LogP contribution in [-0.2, 0) is 9.53 Å². The second-order valence-electron chi connectivity index (χ2n) is 11.8. The number of nitrogens with zero attached hydrogens (tertiary/aromatic N) is 6. The van der Waals surface area contributed by atoms with Crippen molar-refractivity contribution in [3.05, 3.63) is 59.1 Å². The van der Waals surface area contributed by atoms with Gasteiger partial charge in [0.25, 0.3) is 0 Å². The van der Waals surface area contributed by atoms with Crippen LogP contribution in [0.4, 0.5) is 20.3 Å². The molecule has 11 nitrogen and oxygen atoms in total. The number of hydrogen-bond donors (Lipinski definition) is 2. The highest BCUT2D eigenvalue weighted by molar-refractivity contribution is 6.36. The molecule has 0 aliphatic carbocycles. The predicted molar refractivity (Wildman–Crippen MR) is 167 cm³/mol. The Balaban J connectivity index is 0.000000337. The summed E-state index contributed by atoms with van der Waals surface area (Å²) < 4.78 is 39.2. The second kappa shape index (κ2) is 12.5. The molecular weight excluding hydrogens is 606 g/mol. The van der Waals surface area contributed by atoms with Crippen LogP contribution in [0.2, 0.25) is 5.02 Å². The highest BCUT2D eigenvalue weighted by Crippen LogP contribution is 2.36. The molecule has 238 valence electrons. The zero-order valence-electron chi connectivity index (χ0n) is 24.9. The standard InChI is InChI=1S/C24H23ClFN7O3.C7H12FN/c1-3-16(34)33-8-7-32(10-24(33)11-36-12-24)22-13-9-29-21(18(26)20(13)30-23(31-22)35-2)19(28)17-14(25)5-4-6-15(17)27;8-6-4-7-2-1-3-9(7)5-6/h3-6,9,28H,1,7-8,10-12,27H2,2H3;6-7H,1-5H2. The highest BCUT2D eigenvalue weighted by atomic mass is 35.5. The molecule has 3 aromatic rings. The molecule has 7 rings (SSSR count). The monoisotopic (exact) mass is 640 g/mol. The minimum atomic E-state index is -0.819. The van der Waals surface area contributed by atoms with E-state index < -0.39 is 17.5 Å². The number of benzene rings is 1. The first-order valence-electron chi connectivity index (χ1n) is 14.8. The van der Waals surface area contributed by atoms with Crippen molar-refractivity contribution in [3.8, 4) is 6.01 Å². The molecule has 1 aromatic carbocycles. The maximum Gasteiger partial charge on any atom is 0.318 e. The highest BCUT2D eigenvalue weighted by Gasteiger charge is 2.50. The Kier molecular flexibility index (Phi) is 8.59. The first-order chi connectivity index (χ1) is 21.7. The number of halogens is 3. The zero-order chi connectivity index (χ0) is 31.9. The number of carbonyl (C=O) groups is 1. The summed E-state index contributed by atoms with van der Waals surface area (Å²) >= 11 is 6.24. The van der Waals surface area contributed by atoms with Crippen molar-refractivity contribution in [2.24, 2.45) is 0 Å². The van der Waals surface area contributed by atoms with E-state index >= 15 is 4.39 Å². The lowest BCUT2D eigenvalue weighted by Crippen LogP contribution is -2.72. The van der Waals surface area contributed by atoms with Gasteiger partial charge in [-0.25, -0.2) is 8.78 Å². The SMILES string of the molecule is C=CC(=O)N1CCN(c2nc(OC)nc3c(F)c(C(=N)c4c(N)cccc4Cl)ncc23)CC12COC2.FC1CC2CCCN2C1. The normalized spacial score (nSPS) is 22.0. The Labute approximate surface area is 264 Å². The topological polar surface area (TPSA) is 134 Å². The third-order valence-electron chi connectivity index (χ3n) is 8.95. The van der Waals surface area contributed by atoms with Gasteiger partial charge in [0.1, 0.15) is 28.7 Å². The third-order valence-corrected chi connectivity index (χ3v) is 9.27. The fourth-order valence-corrected chi connectivity index (χ4v) is 6.95. The number of rotatable bonds is 5. The number of nitrogens with one attached hydrogen (secondary N) is 1. The number of amides is 1. The van der Waals surface area contributed by atoms with E-state index in [0.29, 0.717) is 56.6 Å². The maximum absolute atomic E-state index is 15.8. The fourth-order valence-electron chi connectivity index (χ4n) is 6.68. The molecule has 2 aromatic heterocycles. The van der Waals surface area contributed by atoms with Gasteiger partial charge in [0.15, 0.2) is 5.82 Å². The van der Waals surface area contributed by atoms with Crippen LogP contribution in [0.25, 0.3) is 10.9 Å². The summed E-state index contributed by atoms with van der Waals surface area (Å²) in [7, 11) is 1.39. The number of nitrogens with two attached hydrogens (primary N) is 1. The average molecular weight is 641 g/mol. The number of piperazine rings is 1. The Morgan fingerprint density at radius 1 is 1.29 bits per heavy atom. The number of aromatic nitrogens is 3. The lowest BCUT2D eigenvalue weighted by Gasteiger charge is -2.55. The van der Waals surface area contributed by atoms with Gasteiger partial charge in [-0.2, -0.15) is 9.97 Å². The van der Waals surface area contributed by atoms with Crippen molar-refractivity contribution >= 4 is 45.6 Å². The van der Waals surface area contributed by atoms with E-state index in [1.807, 2.05) is 4.90 Å². The van der Waals surface area contributed by atoms with Crippen molar-refractivity contribution in [3.63, 3.8) is 0 Å². The molecule has 1 spiro atoms. The smallest absolute Gasteiger partial charge is 0.318 e. The third kappa shape index (κ3) is 5.68. The van der Waals surface area contributed by atoms with Crippen LogP contribution in [0.15, 0.2) is 37.1 Å². The molecule has 4 aliphatic heterocycles. The number of carbonyl (C=O) groups excluding carboxylic acids is 1. The van der Waals surface area contributed by atoms with Crippen LogP contribution in [0.1, 0.15) is 30.5 Å². The quantitative estimate of drug-likeness (QED) is 0.244. The van der Waals surface area contributed by atoms with Gasteiger partial charge in [-0.05, 0) is 44.0 Å². The molecule has 1 amide bonds. The van der Waals surface area contributed by atoms with Crippen LogP contribution < -0.4 is 15.4 Å². The van der Waals surface area contributed by atoms with E-state index in [1.54, 1.807) is 23.1 Å². The zero-order valence-corrected chi connectivity index (χ0v) is 25.7. The number of alkyl halides is 1. The van der Waals surface area contributed by atoms with Crippen LogP contribution in [0, 0.1) is 11.2 Å². The van der Waals surface area contributed by atoms with Gasteiger partial charge in [-0.3, -0.25) is 20.1 Å². The second-order valence-corrected chi connectivity index (χ2v) is 12.2. The molecule has 0 saturated carbocycles. The molecule has 2 unspecified atom stereocenters. The van der Waals surface area contributed by atoms with Crippen molar-refractivity contribution < 1.29 is 23.0 Å². The lowest BCUT2D eigenvalue weighted by atomic mass is 9.91. The molecule has 4 fully saturated rings. The minimum absolute atomic E-state index is 0.0409. The molecular formula is C31H35ClF2N8O3. The molecule has 45 heavy (non-hydrogen) atoms. The molecule has 0 radical (unpaired) electrons. The van der Waals surface area contributed by atoms with Crippen molar-refractivity contribution in [2.75, 3.05) is 63.7 Å².